The van der Waals surface area contributed by atoms with Gasteiger partial charge in [-0.1, -0.05) is 0 Å². The van der Waals surface area contributed by atoms with Crippen LogP contribution in [0.15, 0.2) is 4.99 Å². The van der Waals surface area contributed by atoms with E-state index in [0.29, 0.717) is 12.5 Å². The number of aliphatic imine (C=N–C) groups is 1. The van der Waals surface area contributed by atoms with E-state index in [1.165, 1.54) is 56.9 Å². The van der Waals surface area contributed by atoms with Crippen LogP contribution in [-0.2, 0) is 14.0 Å². The number of carbonyl (C=O) groups is 1. The van der Waals surface area contributed by atoms with Gasteiger partial charge in [-0.3, -0.25) is 0 Å². The molecule has 0 aromatic rings. The molecule has 3 atom stereocenters. The van der Waals surface area contributed by atoms with Crippen molar-refractivity contribution in [1.29, 1.82) is 0 Å². The van der Waals surface area contributed by atoms with Crippen LogP contribution in [0.5, 0.6) is 0 Å². The number of hydrogen-bond donors (Lipinski definition) is 0. The molecule has 1 heterocycles. The molecule has 0 saturated carbocycles. The third-order valence-corrected chi connectivity index (χ3v) is 33.9. The quantitative estimate of drug-likeness (QED) is 0.133. The molecule has 0 saturated heterocycles. The van der Waals surface area contributed by atoms with Crippen LogP contribution in [-0.4, -0.2) is 55.1 Å². The monoisotopic (exact) mass is 635 g/mol. The van der Waals surface area contributed by atoms with Gasteiger partial charge in [0.05, 0.1) is 0 Å². The van der Waals surface area contributed by atoms with Crippen molar-refractivity contribution >= 4 is 45.3 Å². The Hall–Kier alpha value is 0.466. The van der Waals surface area contributed by atoms with Crippen LogP contribution < -0.4 is 0 Å². The second-order valence-corrected chi connectivity index (χ2v) is 36.3. The summed E-state index contributed by atoms with van der Waals surface area (Å²) in [6, 6.07) is -0.522. The van der Waals surface area contributed by atoms with Gasteiger partial charge in [-0.05, 0) is 0 Å². The van der Waals surface area contributed by atoms with E-state index in [4.69, 9.17) is 14.2 Å². The van der Waals surface area contributed by atoms with Crippen LogP contribution in [0.3, 0.4) is 0 Å². The molecule has 0 aliphatic carbocycles. The Labute approximate surface area is 226 Å². The Morgan fingerprint density at radius 3 is 1.86 bits per heavy atom. The number of hydrogen-bond acceptors (Lipinski definition) is 5. The topological polar surface area (TPSA) is 47.9 Å². The molecule has 206 valence electrons. The van der Waals surface area contributed by atoms with Crippen molar-refractivity contribution < 1.29 is 14.0 Å². The molecule has 4 nitrogen and oxygen atoms in total. The van der Waals surface area contributed by atoms with E-state index in [-0.39, 0.29) is 23.0 Å². The Bertz CT molecular complexity index is 656. The molecular formula is C28H57NO3SSiSn. The normalized spacial score (nSPS) is 21.5. The number of esters is 1. The molecule has 0 unspecified atom stereocenters. The fourth-order valence-electron chi connectivity index (χ4n) is 4.71. The second kappa shape index (κ2) is 15.2. The molecule has 35 heavy (non-hydrogen) atoms. The number of ether oxygens (including phenoxy) is 1. The summed E-state index contributed by atoms with van der Waals surface area (Å²) < 4.78 is 16.9. The predicted molar refractivity (Wildman–Crippen MR) is 161 cm³/mol. The summed E-state index contributed by atoms with van der Waals surface area (Å²) in [7, 11) is 0.128. The Morgan fingerprint density at radius 1 is 1.00 bits per heavy atom. The molecule has 1 aliphatic rings. The van der Waals surface area contributed by atoms with Gasteiger partial charge in [0.15, 0.2) is 0 Å². The van der Waals surface area contributed by atoms with Crippen molar-refractivity contribution in [3.8, 4) is 0 Å². The Balaban J connectivity index is 3.49. The minimum atomic E-state index is -2.56. The van der Waals surface area contributed by atoms with Crippen LogP contribution in [0.4, 0.5) is 0 Å². The van der Waals surface area contributed by atoms with Gasteiger partial charge >= 0.3 is 227 Å². The standard InChI is InChI=1S/C16H31NO3SSi.3C4H9.Sn/c1-9-19-15(18)12-13(11(10(2)3)14(21)17-12)20-22(7,8)16(4,5)6;3*1-3-4-2;/h10-13H,9H2,1-8H3,(H,17,21);3*1,3-4H2,2H3;/q;;;;+1/p-1/t11-,12+,13-;;;;/m1..../s1. The van der Waals surface area contributed by atoms with Gasteiger partial charge in [-0.25, -0.2) is 0 Å². The van der Waals surface area contributed by atoms with Crippen molar-refractivity contribution in [1.82, 2.24) is 0 Å². The second-order valence-electron chi connectivity index (χ2n) is 12.4. The first-order chi connectivity index (χ1) is 16.3. The molecule has 0 aromatic heterocycles. The van der Waals surface area contributed by atoms with E-state index >= 15 is 0 Å². The predicted octanol–water partition coefficient (Wildman–Crippen LogP) is 9.07. The molecule has 0 amide bonds. The fourth-order valence-corrected chi connectivity index (χ4v) is 29.1. The Morgan fingerprint density at radius 2 is 1.49 bits per heavy atom. The SMILES string of the molecule is CCC[CH2][Sn]([CH2]CCC)([CH2]CCC)[S]C1=N[C@H](C(=O)OCC)[C@H](O[Si](C)(C)C(C)(C)C)[C@H]1C(C)C. The summed E-state index contributed by atoms with van der Waals surface area (Å²) in [5, 5.41) is 1.32. The van der Waals surface area contributed by atoms with E-state index < -0.39 is 31.4 Å². The van der Waals surface area contributed by atoms with E-state index in [1.807, 2.05) is 6.92 Å². The summed E-state index contributed by atoms with van der Waals surface area (Å²) in [6.45, 7) is 25.2. The molecule has 1 aliphatic heterocycles. The van der Waals surface area contributed by atoms with Gasteiger partial charge in [-0.15, -0.1) is 0 Å². The van der Waals surface area contributed by atoms with Gasteiger partial charge in [0.25, 0.3) is 0 Å². The molecule has 0 aromatic carbocycles. The molecule has 1 rings (SSSR count). The first-order valence-corrected chi connectivity index (χ1v) is 27.7. The van der Waals surface area contributed by atoms with Gasteiger partial charge in [-0.2, -0.15) is 0 Å². The van der Waals surface area contributed by atoms with Crippen LogP contribution in [0, 0.1) is 11.8 Å². The zero-order valence-corrected chi connectivity index (χ0v) is 29.6. The maximum atomic E-state index is 13.2. The van der Waals surface area contributed by atoms with Crippen molar-refractivity contribution in [2.24, 2.45) is 16.8 Å². The van der Waals surface area contributed by atoms with E-state index in [0.717, 1.165) is 0 Å². The van der Waals surface area contributed by atoms with Crippen LogP contribution in [0.2, 0.25) is 31.4 Å². The van der Waals surface area contributed by atoms with Crippen LogP contribution in [0.25, 0.3) is 0 Å². The van der Waals surface area contributed by atoms with Gasteiger partial charge in [0.2, 0.25) is 0 Å². The van der Waals surface area contributed by atoms with Crippen molar-refractivity contribution in [3.63, 3.8) is 0 Å². The molecule has 0 fully saturated rings. The summed E-state index contributed by atoms with van der Waals surface area (Å²) in [4.78, 5) is 18.4. The summed E-state index contributed by atoms with van der Waals surface area (Å²) in [5.41, 5.74) is 0. The summed E-state index contributed by atoms with van der Waals surface area (Å²) in [5.74, 6) is 0.362. The fraction of sp³-hybridized carbons (Fsp3) is 0.929. The number of nitrogens with zero attached hydrogens (tertiary/aromatic N) is 1. The number of rotatable bonds is 15. The molecule has 0 N–H and O–H groups in total. The molecule has 0 radical (unpaired) electrons. The zero-order chi connectivity index (χ0) is 26.9. The third-order valence-electron chi connectivity index (χ3n) is 7.98. The zero-order valence-electron chi connectivity index (χ0n) is 25.0. The van der Waals surface area contributed by atoms with Gasteiger partial charge < -0.3 is 0 Å². The number of carbonyl (C=O) groups excluding carboxylic acids is 1. The van der Waals surface area contributed by atoms with E-state index in [1.54, 1.807) is 0 Å². The Kier molecular flexibility index (Phi) is 14.5. The van der Waals surface area contributed by atoms with Crippen molar-refractivity contribution in [2.45, 2.75) is 144 Å². The van der Waals surface area contributed by atoms with E-state index in [2.05, 4.69) is 77.4 Å². The summed E-state index contributed by atoms with van der Waals surface area (Å²) in [6.07, 6.45) is 7.59. The van der Waals surface area contributed by atoms with Crippen molar-refractivity contribution in [2.75, 3.05) is 6.61 Å². The van der Waals surface area contributed by atoms with Crippen LogP contribution in [0.1, 0.15) is 101 Å². The summed E-state index contributed by atoms with van der Waals surface area (Å²) >= 11 is -2.56. The average molecular weight is 635 g/mol. The van der Waals surface area contributed by atoms with Gasteiger partial charge in [0.1, 0.15) is 0 Å². The van der Waals surface area contributed by atoms with Crippen LogP contribution >= 0.6 is 8.95 Å². The molecule has 7 heteroatoms. The van der Waals surface area contributed by atoms with E-state index in [9.17, 15) is 4.79 Å². The number of unbranched alkanes of at least 4 members (excludes halogenated alkanes) is 3. The van der Waals surface area contributed by atoms with Crippen molar-refractivity contribution in [3.05, 3.63) is 0 Å². The average Bonchev–Trinajstić information content (AvgIpc) is 3.11. The first-order valence-electron chi connectivity index (χ1n) is 14.4. The maximum absolute atomic E-state index is 13.2. The molecule has 0 spiro atoms. The minimum absolute atomic E-state index is 0.0794. The molecular weight excluding hydrogens is 577 g/mol. The molecule has 0 bridgehead atoms. The third kappa shape index (κ3) is 9.62. The van der Waals surface area contributed by atoms with Gasteiger partial charge in [0, 0.05) is 0 Å². The first kappa shape index (κ1) is 33.5.